The van der Waals surface area contributed by atoms with Crippen molar-refractivity contribution in [3.8, 4) is 0 Å². The van der Waals surface area contributed by atoms with Crippen molar-refractivity contribution >= 4 is 5.91 Å². The fourth-order valence-corrected chi connectivity index (χ4v) is 1.23. The zero-order valence-corrected chi connectivity index (χ0v) is 8.05. The summed E-state index contributed by atoms with van der Waals surface area (Å²) >= 11 is 0. The van der Waals surface area contributed by atoms with E-state index >= 15 is 0 Å². The molecule has 12 heavy (non-hydrogen) atoms. The molecule has 0 saturated carbocycles. The fourth-order valence-electron chi connectivity index (χ4n) is 1.23. The quantitative estimate of drug-likeness (QED) is 0.624. The van der Waals surface area contributed by atoms with E-state index in [4.69, 9.17) is 11.5 Å². The summed E-state index contributed by atoms with van der Waals surface area (Å²) in [6.07, 6.45) is 2.69. The number of carbonyl (C=O) groups is 1. The molecule has 0 saturated heterocycles. The number of rotatable bonds is 6. The van der Waals surface area contributed by atoms with Crippen LogP contribution in [0.15, 0.2) is 0 Å². The number of hydrogen-bond donors (Lipinski definition) is 2. The molecular weight excluding hydrogens is 152 g/mol. The van der Waals surface area contributed by atoms with Gasteiger partial charge in [-0.05, 0) is 25.3 Å². The van der Waals surface area contributed by atoms with Gasteiger partial charge in [0.05, 0.1) is 0 Å². The van der Waals surface area contributed by atoms with Crippen LogP contribution >= 0.6 is 0 Å². The van der Waals surface area contributed by atoms with Crippen LogP contribution in [0.3, 0.4) is 0 Å². The summed E-state index contributed by atoms with van der Waals surface area (Å²) in [7, 11) is 0. The molecule has 0 aliphatic carbocycles. The second-order valence-electron chi connectivity index (χ2n) is 3.43. The van der Waals surface area contributed by atoms with Crippen LogP contribution in [0.25, 0.3) is 0 Å². The smallest absolute Gasteiger partial charge is 0.220 e. The second kappa shape index (κ2) is 6.00. The van der Waals surface area contributed by atoms with Gasteiger partial charge in [-0.2, -0.15) is 0 Å². The molecule has 0 rings (SSSR count). The standard InChI is InChI=1S/C9H20N2O/c1-3-7(2)6-8(4-5-10)9(11)12/h7-8H,3-6,10H2,1-2H3,(H2,11,12). The average molecular weight is 172 g/mol. The van der Waals surface area contributed by atoms with Crippen LogP contribution in [0, 0.1) is 11.8 Å². The van der Waals surface area contributed by atoms with Crippen molar-refractivity contribution in [3.63, 3.8) is 0 Å². The van der Waals surface area contributed by atoms with Crippen molar-refractivity contribution in [2.24, 2.45) is 23.3 Å². The monoisotopic (exact) mass is 172 g/mol. The maximum Gasteiger partial charge on any atom is 0.220 e. The molecule has 1 amide bonds. The Morgan fingerprint density at radius 2 is 2.08 bits per heavy atom. The first-order valence-corrected chi connectivity index (χ1v) is 4.61. The molecule has 4 N–H and O–H groups in total. The predicted molar refractivity (Wildman–Crippen MR) is 50.4 cm³/mol. The first-order valence-electron chi connectivity index (χ1n) is 4.61. The molecule has 3 nitrogen and oxygen atoms in total. The maximum atomic E-state index is 10.9. The Balaban J connectivity index is 3.86. The van der Waals surface area contributed by atoms with E-state index in [1.165, 1.54) is 0 Å². The lowest BCUT2D eigenvalue weighted by molar-refractivity contribution is -0.122. The van der Waals surface area contributed by atoms with Gasteiger partial charge in [-0.3, -0.25) is 4.79 Å². The highest BCUT2D eigenvalue weighted by Gasteiger charge is 2.16. The lowest BCUT2D eigenvalue weighted by Crippen LogP contribution is -2.27. The van der Waals surface area contributed by atoms with Crippen LogP contribution < -0.4 is 11.5 Å². The SMILES string of the molecule is CCC(C)CC(CCN)C(N)=O. The highest BCUT2D eigenvalue weighted by atomic mass is 16.1. The molecule has 0 aliphatic heterocycles. The molecule has 0 aromatic rings. The van der Waals surface area contributed by atoms with E-state index in [1.54, 1.807) is 0 Å². The number of nitrogens with two attached hydrogens (primary N) is 2. The van der Waals surface area contributed by atoms with Gasteiger partial charge in [0.1, 0.15) is 0 Å². The summed E-state index contributed by atoms with van der Waals surface area (Å²) in [5.41, 5.74) is 10.6. The summed E-state index contributed by atoms with van der Waals surface area (Å²) in [6, 6.07) is 0. The summed E-state index contributed by atoms with van der Waals surface area (Å²) in [4.78, 5) is 10.9. The molecule has 0 bridgehead atoms. The molecule has 0 spiro atoms. The van der Waals surface area contributed by atoms with Gasteiger partial charge in [-0.15, -0.1) is 0 Å². The van der Waals surface area contributed by atoms with Crippen LogP contribution in [0.4, 0.5) is 0 Å². The normalized spacial score (nSPS) is 15.6. The Morgan fingerprint density at radius 3 is 2.42 bits per heavy atom. The summed E-state index contributed by atoms with van der Waals surface area (Å²) in [5, 5.41) is 0. The third-order valence-corrected chi connectivity index (χ3v) is 2.30. The van der Waals surface area contributed by atoms with Crippen LogP contribution in [-0.2, 0) is 4.79 Å². The Hall–Kier alpha value is -0.570. The van der Waals surface area contributed by atoms with Crippen molar-refractivity contribution in [1.82, 2.24) is 0 Å². The van der Waals surface area contributed by atoms with E-state index < -0.39 is 0 Å². The molecule has 72 valence electrons. The fraction of sp³-hybridized carbons (Fsp3) is 0.889. The van der Waals surface area contributed by atoms with Crippen LogP contribution in [0.5, 0.6) is 0 Å². The minimum atomic E-state index is -0.208. The molecule has 3 heteroatoms. The molecule has 2 atom stereocenters. The molecule has 0 heterocycles. The molecule has 0 aliphatic rings. The van der Waals surface area contributed by atoms with Crippen LogP contribution in [-0.4, -0.2) is 12.5 Å². The maximum absolute atomic E-state index is 10.9. The molecule has 0 radical (unpaired) electrons. The lowest BCUT2D eigenvalue weighted by atomic mass is 9.91. The van der Waals surface area contributed by atoms with Gasteiger partial charge in [0, 0.05) is 5.92 Å². The average Bonchev–Trinajstić information content (AvgIpc) is 2.03. The molecular formula is C9H20N2O. The van der Waals surface area contributed by atoms with Crippen molar-refractivity contribution < 1.29 is 4.79 Å². The van der Waals surface area contributed by atoms with E-state index in [2.05, 4.69) is 13.8 Å². The number of carbonyl (C=O) groups excluding carboxylic acids is 1. The minimum absolute atomic E-state index is 0.0232. The Bertz CT molecular complexity index is 136. The van der Waals surface area contributed by atoms with Crippen molar-refractivity contribution in [2.45, 2.75) is 33.1 Å². The Kier molecular flexibility index (Phi) is 5.72. The van der Waals surface area contributed by atoms with E-state index in [0.717, 1.165) is 19.3 Å². The Morgan fingerprint density at radius 1 is 1.50 bits per heavy atom. The number of hydrogen-bond acceptors (Lipinski definition) is 2. The van der Waals surface area contributed by atoms with Gasteiger partial charge in [-0.1, -0.05) is 20.3 Å². The van der Waals surface area contributed by atoms with Gasteiger partial charge in [0.2, 0.25) is 5.91 Å². The van der Waals surface area contributed by atoms with Gasteiger partial charge in [0.25, 0.3) is 0 Å². The van der Waals surface area contributed by atoms with Gasteiger partial charge in [-0.25, -0.2) is 0 Å². The van der Waals surface area contributed by atoms with E-state index in [1.807, 2.05) is 0 Å². The zero-order chi connectivity index (χ0) is 9.56. The number of amides is 1. The third-order valence-electron chi connectivity index (χ3n) is 2.30. The van der Waals surface area contributed by atoms with Crippen LogP contribution in [0.2, 0.25) is 0 Å². The summed E-state index contributed by atoms with van der Waals surface area (Å²) < 4.78 is 0. The number of primary amides is 1. The Labute approximate surface area is 74.5 Å². The highest BCUT2D eigenvalue weighted by molar-refractivity contribution is 5.76. The molecule has 2 unspecified atom stereocenters. The van der Waals surface area contributed by atoms with Gasteiger partial charge >= 0.3 is 0 Å². The first-order chi connectivity index (χ1) is 5.61. The zero-order valence-electron chi connectivity index (χ0n) is 8.05. The van der Waals surface area contributed by atoms with E-state index in [-0.39, 0.29) is 11.8 Å². The lowest BCUT2D eigenvalue weighted by Gasteiger charge is -2.15. The van der Waals surface area contributed by atoms with Crippen molar-refractivity contribution in [2.75, 3.05) is 6.54 Å². The molecule has 0 aromatic heterocycles. The van der Waals surface area contributed by atoms with Crippen LogP contribution in [0.1, 0.15) is 33.1 Å². The first kappa shape index (κ1) is 11.4. The van der Waals surface area contributed by atoms with Gasteiger partial charge in [0.15, 0.2) is 0 Å². The van der Waals surface area contributed by atoms with Gasteiger partial charge < -0.3 is 11.5 Å². The highest BCUT2D eigenvalue weighted by Crippen LogP contribution is 2.17. The predicted octanol–water partition coefficient (Wildman–Crippen LogP) is 0.873. The molecule has 0 fully saturated rings. The van der Waals surface area contributed by atoms with E-state index in [9.17, 15) is 4.79 Å². The van der Waals surface area contributed by atoms with E-state index in [0.29, 0.717) is 12.5 Å². The minimum Gasteiger partial charge on any atom is -0.369 e. The summed E-state index contributed by atoms with van der Waals surface area (Å²) in [5.74, 6) is 0.333. The largest absolute Gasteiger partial charge is 0.369 e. The van der Waals surface area contributed by atoms with Crippen molar-refractivity contribution in [1.29, 1.82) is 0 Å². The second-order valence-corrected chi connectivity index (χ2v) is 3.43. The molecule has 0 aromatic carbocycles. The topological polar surface area (TPSA) is 69.1 Å². The van der Waals surface area contributed by atoms with Crippen molar-refractivity contribution in [3.05, 3.63) is 0 Å². The third kappa shape index (κ3) is 4.34. The summed E-state index contributed by atoms with van der Waals surface area (Å²) in [6.45, 7) is 4.79.